The van der Waals surface area contributed by atoms with Crippen molar-refractivity contribution in [2.75, 3.05) is 52.9 Å². The van der Waals surface area contributed by atoms with Crippen LogP contribution >= 0.6 is 0 Å². The maximum atomic E-state index is 12.8. The van der Waals surface area contributed by atoms with E-state index in [0.29, 0.717) is 52.2 Å². The monoisotopic (exact) mass is 372 g/mol. The van der Waals surface area contributed by atoms with Gasteiger partial charge in [0.1, 0.15) is 0 Å². The molecule has 146 valence electrons. The number of likely N-dealkylation sites (tertiary alicyclic amines) is 1. The SMILES string of the molecule is CNC(=O)CN1CCN(C(=O)C2CC(=O)N(CCc3ccccc3)C2)CC1. The first kappa shape index (κ1) is 19.4. The highest BCUT2D eigenvalue weighted by Gasteiger charge is 2.37. The van der Waals surface area contributed by atoms with Gasteiger partial charge in [-0.25, -0.2) is 0 Å². The molecule has 0 spiro atoms. The third-order valence-corrected chi connectivity index (χ3v) is 5.41. The Hall–Kier alpha value is -2.41. The van der Waals surface area contributed by atoms with Crippen LogP contribution in [-0.2, 0) is 20.8 Å². The van der Waals surface area contributed by atoms with Crippen molar-refractivity contribution in [2.24, 2.45) is 5.92 Å². The summed E-state index contributed by atoms with van der Waals surface area (Å²) in [6.07, 6.45) is 1.12. The molecular formula is C20H28N4O3. The Morgan fingerprint density at radius 1 is 1.11 bits per heavy atom. The molecule has 0 radical (unpaired) electrons. The summed E-state index contributed by atoms with van der Waals surface area (Å²) in [4.78, 5) is 42.3. The molecular weight excluding hydrogens is 344 g/mol. The van der Waals surface area contributed by atoms with Crippen LogP contribution in [-0.4, -0.2) is 85.3 Å². The molecule has 1 atom stereocenters. The largest absolute Gasteiger partial charge is 0.358 e. The Bertz CT molecular complexity index is 671. The third-order valence-electron chi connectivity index (χ3n) is 5.41. The molecule has 3 amide bonds. The first-order valence-corrected chi connectivity index (χ1v) is 9.60. The lowest BCUT2D eigenvalue weighted by atomic mass is 10.1. The average Bonchev–Trinajstić information content (AvgIpc) is 3.07. The maximum Gasteiger partial charge on any atom is 0.233 e. The van der Waals surface area contributed by atoms with E-state index in [-0.39, 0.29) is 23.6 Å². The molecule has 2 saturated heterocycles. The molecule has 1 aromatic carbocycles. The van der Waals surface area contributed by atoms with Crippen LogP contribution in [0.25, 0.3) is 0 Å². The zero-order chi connectivity index (χ0) is 19.2. The summed E-state index contributed by atoms with van der Waals surface area (Å²) in [7, 11) is 1.63. The summed E-state index contributed by atoms with van der Waals surface area (Å²) >= 11 is 0. The lowest BCUT2D eigenvalue weighted by molar-refractivity contribution is -0.137. The van der Waals surface area contributed by atoms with Crippen LogP contribution in [0.4, 0.5) is 0 Å². The number of carbonyl (C=O) groups is 3. The minimum atomic E-state index is -0.237. The second kappa shape index (κ2) is 8.99. The topological polar surface area (TPSA) is 73.0 Å². The average molecular weight is 372 g/mol. The number of carbonyl (C=O) groups excluding carboxylic acids is 3. The van der Waals surface area contributed by atoms with Gasteiger partial charge in [-0.3, -0.25) is 19.3 Å². The number of hydrogen-bond donors (Lipinski definition) is 1. The third kappa shape index (κ3) is 5.07. The van der Waals surface area contributed by atoms with Crippen LogP contribution in [0, 0.1) is 5.92 Å². The zero-order valence-electron chi connectivity index (χ0n) is 15.9. The fourth-order valence-corrected chi connectivity index (χ4v) is 3.73. The standard InChI is InChI=1S/C20H28N4O3/c1-21-18(25)15-22-9-11-23(12-10-22)20(27)17-13-19(26)24(14-17)8-7-16-5-3-2-4-6-16/h2-6,17H,7-15H2,1H3,(H,21,25). The fourth-order valence-electron chi connectivity index (χ4n) is 3.73. The number of amides is 3. The van der Waals surface area contributed by atoms with Crippen LogP contribution in [0.1, 0.15) is 12.0 Å². The Balaban J connectivity index is 1.46. The van der Waals surface area contributed by atoms with E-state index in [2.05, 4.69) is 22.3 Å². The molecule has 3 rings (SSSR count). The van der Waals surface area contributed by atoms with Gasteiger partial charge in [0.05, 0.1) is 12.5 Å². The molecule has 1 N–H and O–H groups in total. The van der Waals surface area contributed by atoms with Gasteiger partial charge in [-0.05, 0) is 12.0 Å². The number of rotatable bonds is 6. The van der Waals surface area contributed by atoms with Crippen molar-refractivity contribution in [1.82, 2.24) is 20.0 Å². The summed E-state index contributed by atoms with van der Waals surface area (Å²) in [5.74, 6) is -0.100. The van der Waals surface area contributed by atoms with Gasteiger partial charge in [0.15, 0.2) is 0 Å². The fraction of sp³-hybridized carbons (Fsp3) is 0.550. The maximum absolute atomic E-state index is 12.8. The number of nitrogens with zero attached hydrogens (tertiary/aromatic N) is 3. The number of benzene rings is 1. The van der Waals surface area contributed by atoms with Gasteiger partial charge in [0, 0.05) is 52.7 Å². The molecule has 0 aliphatic carbocycles. The number of hydrogen-bond acceptors (Lipinski definition) is 4. The van der Waals surface area contributed by atoms with Crippen molar-refractivity contribution in [3.8, 4) is 0 Å². The van der Waals surface area contributed by atoms with Gasteiger partial charge in [0.2, 0.25) is 17.7 Å². The van der Waals surface area contributed by atoms with Gasteiger partial charge in [-0.2, -0.15) is 0 Å². The van der Waals surface area contributed by atoms with Gasteiger partial charge in [0.25, 0.3) is 0 Å². The highest BCUT2D eigenvalue weighted by Crippen LogP contribution is 2.21. The van der Waals surface area contributed by atoms with Crippen molar-refractivity contribution in [1.29, 1.82) is 0 Å². The minimum absolute atomic E-state index is 0.00905. The Morgan fingerprint density at radius 3 is 2.48 bits per heavy atom. The normalized spacial score (nSPS) is 20.8. The lowest BCUT2D eigenvalue weighted by Crippen LogP contribution is -2.52. The molecule has 27 heavy (non-hydrogen) atoms. The highest BCUT2D eigenvalue weighted by atomic mass is 16.2. The molecule has 2 fully saturated rings. The first-order chi connectivity index (χ1) is 13.1. The Labute approximate surface area is 160 Å². The Kier molecular flexibility index (Phi) is 6.45. The van der Waals surface area contributed by atoms with Crippen LogP contribution in [0.15, 0.2) is 30.3 Å². The Morgan fingerprint density at radius 2 is 1.81 bits per heavy atom. The summed E-state index contributed by atoms with van der Waals surface area (Å²) in [5.41, 5.74) is 1.20. The second-order valence-corrected chi connectivity index (χ2v) is 7.25. The number of likely N-dealkylation sites (N-methyl/N-ethyl adjacent to an activating group) is 1. The minimum Gasteiger partial charge on any atom is -0.358 e. The second-order valence-electron chi connectivity index (χ2n) is 7.25. The van der Waals surface area contributed by atoms with E-state index in [9.17, 15) is 14.4 Å². The van der Waals surface area contributed by atoms with E-state index in [0.717, 1.165) is 6.42 Å². The van der Waals surface area contributed by atoms with E-state index in [1.165, 1.54) is 5.56 Å². The predicted molar refractivity (Wildman–Crippen MR) is 102 cm³/mol. The molecule has 0 bridgehead atoms. The van der Waals surface area contributed by atoms with Crippen molar-refractivity contribution in [2.45, 2.75) is 12.8 Å². The summed E-state index contributed by atoms with van der Waals surface area (Å²) in [5, 5.41) is 2.62. The van der Waals surface area contributed by atoms with Crippen molar-refractivity contribution in [3.63, 3.8) is 0 Å². The lowest BCUT2D eigenvalue weighted by Gasteiger charge is -2.35. The number of nitrogens with one attached hydrogen (secondary N) is 1. The van der Waals surface area contributed by atoms with Crippen LogP contribution < -0.4 is 5.32 Å². The molecule has 1 unspecified atom stereocenters. The van der Waals surface area contributed by atoms with Gasteiger partial charge < -0.3 is 15.1 Å². The predicted octanol–water partition coefficient (Wildman–Crippen LogP) is -0.0322. The molecule has 7 heteroatoms. The molecule has 2 aliphatic heterocycles. The molecule has 0 aromatic heterocycles. The number of piperazine rings is 1. The zero-order valence-corrected chi connectivity index (χ0v) is 15.9. The molecule has 1 aromatic rings. The summed E-state index contributed by atoms with van der Waals surface area (Å²) in [6.45, 7) is 4.16. The van der Waals surface area contributed by atoms with Gasteiger partial charge in [-0.15, -0.1) is 0 Å². The van der Waals surface area contributed by atoms with E-state index < -0.39 is 0 Å². The molecule has 0 saturated carbocycles. The summed E-state index contributed by atoms with van der Waals surface area (Å²) in [6, 6.07) is 10.1. The van der Waals surface area contributed by atoms with E-state index in [1.807, 2.05) is 28.0 Å². The van der Waals surface area contributed by atoms with E-state index in [4.69, 9.17) is 0 Å². The van der Waals surface area contributed by atoms with E-state index >= 15 is 0 Å². The molecule has 2 heterocycles. The van der Waals surface area contributed by atoms with Crippen molar-refractivity contribution in [3.05, 3.63) is 35.9 Å². The van der Waals surface area contributed by atoms with Crippen LogP contribution in [0.2, 0.25) is 0 Å². The van der Waals surface area contributed by atoms with Crippen LogP contribution in [0.5, 0.6) is 0 Å². The van der Waals surface area contributed by atoms with Gasteiger partial charge in [-0.1, -0.05) is 30.3 Å². The molecule has 7 nitrogen and oxygen atoms in total. The first-order valence-electron chi connectivity index (χ1n) is 9.60. The van der Waals surface area contributed by atoms with Crippen molar-refractivity contribution < 1.29 is 14.4 Å². The van der Waals surface area contributed by atoms with Crippen LogP contribution in [0.3, 0.4) is 0 Å². The van der Waals surface area contributed by atoms with Gasteiger partial charge >= 0.3 is 0 Å². The quantitative estimate of drug-likeness (QED) is 0.761. The smallest absolute Gasteiger partial charge is 0.233 e. The highest BCUT2D eigenvalue weighted by molar-refractivity contribution is 5.89. The van der Waals surface area contributed by atoms with Crippen molar-refractivity contribution >= 4 is 17.7 Å². The summed E-state index contributed by atoms with van der Waals surface area (Å²) < 4.78 is 0. The van der Waals surface area contributed by atoms with E-state index in [1.54, 1.807) is 7.05 Å². The molecule has 2 aliphatic rings.